The molecule has 1 aromatic heterocycles. The molecule has 5 heteroatoms. The fourth-order valence-corrected chi connectivity index (χ4v) is 2.45. The average molecular weight is 251 g/mol. The summed E-state index contributed by atoms with van der Waals surface area (Å²) in [5.74, 6) is -0.246. The van der Waals surface area contributed by atoms with Gasteiger partial charge >= 0.3 is 0 Å². The summed E-state index contributed by atoms with van der Waals surface area (Å²) in [5, 5.41) is 13.0. The molecule has 0 aliphatic carbocycles. The monoisotopic (exact) mass is 251 g/mol. The maximum atomic E-state index is 13.2. The van der Waals surface area contributed by atoms with Gasteiger partial charge in [-0.2, -0.15) is 0 Å². The summed E-state index contributed by atoms with van der Waals surface area (Å²) in [6.45, 7) is 3.96. The minimum atomic E-state index is -0.246. The first kappa shape index (κ1) is 12.1. The van der Waals surface area contributed by atoms with Crippen LogP contribution in [0, 0.1) is 12.7 Å². The predicted octanol–water partition coefficient (Wildman–Crippen LogP) is 2.93. The molecule has 3 nitrogen and oxygen atoms in total. The number of halogens is 1. The predicted molar refractivity (Wildman–Crippen MR) is 67.5 cm³/mol. The van der Waals surface area contributed by atoms with Crippen LogP contribution >= 0.6 is 11.3 Å². The van der Waals surface area contributed by atoms with Crippen LogP contribution in [0.15, 0.2) is 18.2 Å². The van der Waals surface area contributed by atoms with Gasteiger partial charge in [0.15, 0.2) is 0 Å². The van der Waals surface area contributed by atoms with Crippen molar-refractivity contribution in [2.24, 2.45) is 0 Å². The Labute approximate surface area is 104 Å². The second-order valence-electron chi connectivity index (χ2n) is 3.92. The molecule has 1 heterocycles. The topological polar surface area (TPSA) is 37.8 Å². The Morgan fingerprint density at radius 1 is 1.35 bits per heavy atom. The Kier molecular flexibility index (Phi) is 3.49. The molecular weight excluding hydrogens is 237 g/mol. The molecule has 1 N–H and O–H groups in total. The largest absolute Gasteiger partial charge is 0.311 e. The van der Waals surface area contributed by atoms with E-state index in [4.69, 9.17) is 0 Å². The van der Waals surface area contributed by atoms with E-state index in [1.54, 1.807) is 6.07 Å². The van der Waals surface area contributed by atoms with Crippen LogP contribution in [0.3, 0.4) is 0 Å². The van der Waals surface area contributed by atoms with Crippen molar-refractivity contribution >= 4 is 11.3 Å². The molecule has 0 saturated carbocycles. The third-order valence-electron chi connectivity index (χ3n) is 2.67. The standard InChI is InChI=1S/C12H14FN3S/c1-7-4-5-9(13)6-10(7)12-16-15-11(17-12)8(2)14-3/h4-6,8,14H,1-3H3. The van der Waals surface area contributed by atoms with Gasteiger partial charge in [0, 0.05) is 5.56 Å². The molecular formula is C12H14FN3S. The lowest BCUT2D eigenvalue weighted by Crippen LogP contribution is -2.11. The SMILES string of the molecule is CNC(C)c1nnc(-c2cc(F)ccc2C)s1. The third kappa shape index (κ3) is 2.50. The molecule has 2 rings (SSSR count). The number of nitrogens with one attached hydrogen (secondary N) is 1. The van der Waals surface area contributed by atoms with Gasteiger partial charge in [-0.15, -0.1) is 10.2 Å². The molecule has 90 valence electrons. The first-order chi connectivity index (χ1) is 8.11. The Balaban J connectivity index is 2.40. The summed E-state index contributed by atoms with van der Waals surface area (Å²) in [6, 6.07) is 4.88. The summed E-state index contributed by atoms with van der Waals surface area (Å²) >= 11 is 1.49. The zero-order valence-electron chi connectivity index (χ0n) is 9.99. The van der Waals surface area contributed by atoms with Crippen molar-refractivity contribution in [3.05, 3.63) is 34.6 Å². The van der Waals surface area contributed by atoms with Gasteiger partial charge in [-0.05, 0) is 38.6 Å². The molecule has 0 bridgehead atoms. The molecule has 0 saturated heterocycles. The van der Waals surface area contributed by atoms with Crippen LogP contribution in [0.1, 0.15) is 23.5 Å². The van der Waals surface area contributed by atoms with Crippen LogP contribution in [0.4, 0.5) is 4.39 Å². The summed E-state index contributed by atoms with van der Waals surface area (Å²) in [4.78, 5) is 0. The van der Waals surface area contributed by atoms with Gasteiger partial charge in [0.1, 0.15) is 15.8 Å². The number of aromatic nitrogens is 2. The van der Waals surface area contributed by atoms with Crippen molar-refractivity contribution in [3.63, 3.8) is 0 Å². The van der Waals surface area contributed by atoms with E-state index in [0.29, 0.717) is 0 Å². The molecule has 1 unspecified atom stereocenters. The molecule has 0 radical (unpaired) electrons. The second-order valence-corrected chi connectivity index (χ2v) is 4.92. The Bertz CT molecular complexity index is 524. The molecule has 0 fully saturated rings. The summed E-state index contributed by atoms with van der Waals surface area (Å²) in [6.07, 6.45) is 0. The fourth-order valence-electron chi connectivity index (χ4n) is 1.47. The highest BCUT2D eigenvalue weighted by Crippen LogP contribution is 2.29. The molecule has 0 amide bonds. The van der Waals surface area contributed by atoms with Crippen molar-refractivity contribution < 1.29 is 4.39 Å². The number of hydrogen-bond donors (Lipinski definition) is 1. The molecule has 1 atom stereocenters. The normalized spacial score (nSPS) is 12.7. The number of benzene rings is 1. The number of aryl methyl sites for hydroxylation is 1. The van der Waals surface area contributed by atoms with Crippen molar-refractivity contribution in [3.8, 4) is 10.6 Å². The highest BCUT2D eigenvalue weighted by atomic mass is 32.1. The van der Waals surface area contributed by atoms with E-state index in [2.05, 4.69) is 15.5 Å². The van der Waals surface area contributed by atoms with E-state index in [0.717, 1.165) is 21.1 Å². The van der Waals surface area contributed by atoms with E-state index >= 15 is 0 Å². The van der Waals surface area contributed by atoms with Crippen LogP contribution in [0.5, 0.6) is 0 Å². The van der Waals surface area contributed by atoms with E-state index in [9.17, 15) is 4.39 Å². The van der Waals surface area contributed by atoms with Gasteiger partial charge in [0.2, 0.25) is 0 Å². The van der Waals surface area contributed by atoms with Crippen molar-refractivity contribution in [2.45, 2.75) is 19.9 Å². The van der Waals surface area contributed by atoms with Gasteiger partial charge < -0.3 is 5.32 Å². The summed E-state index contributed by atoms with van der Waals surface area (Å²) in [5.41, 5.74) is 1.82. The Morgan fingerprint density at radius 3 is 2.82 bits per heavy atom. The van der Waals surface area contributed by atoms with Gasteiger partial charge in [0.25, 0.3) is 0 Å². The highest BCUT2D eigenvalue weighted by molar-refractivity contribution is 7.14. The first-order valence-electron chi connectivity index (χ1n) is 5.39. The number of rotatable bonds is 3. The lowest BCUT2D eigenvalue weighted by Gasteiger charge is -2.03. The third-order valence-corrected chi connectivity index (χ3v) is 3.81. The molecule has 0 aliphatic heterocycles. The van der Waals surface area contributed by atoms with Gasteiger partial charge in [-0.1, -0.05) is 17.4 Å². The van der Waals surface area contributed by atoms with Crippen LogP contribution < -0.4 is 5.32 Å². The number of hydrogen-bond acceptors (Lipinski definition) is 4. The van der Waals surface area contributed by atoms with Crippen LogP contribution in [0.2, 0.25) is 0 Å². The van der Waals surface area contributed by atoms with E-state index in [-0.39, 0.29) is 11.9 Å². The zero-order chi connectivity index (χ0) is 12.4. The molecule has 2 aromatic rings. The van der Waals surface area contributed by atoms with Gasteiger partial charge in [-0.3, -0.25) is 0 Å². The van der Waals surface area contributed by atoms with Crippen LogP contribution in [0.25, 0.3) is 10.6 Å². The zero-order valence-corrected chi connectivity index (χ0v) is 10.8. The molecule has 0 spiro atoms. The van der Waals surface area contributed by atoms with E-state index < -0.39 is 0 Å². The fraction of sp³-hybridized carbons (Fsp3) is 0.333. The quantitative estimate of drug-likeness (QED) is 0.911. The van der Waals surface area contributed by atoms with Crippen LogP contribution in [-0.2, 0) is 0 Å². The first-order valence-corrected chi connectivity index (χ1v) is 6.20. The van der Waals surface area contributed by atoms with Crippen molar-refractivity contribution in [1.82, 2.24) is 15.5 Å². The maximum absolute atomic E-state index is 13.2. The van der Waals surface area contributed by atoms with Crippen LogP contribution in [-0.4, -0.2) is 17.2 Å². The average Bonchev–Trinajstić information content (AvgIpc) is 2.80. The minimum Gasteiger partial charge on any atom is -0.311 e. The van der Waals surface area contributed by atoms with E-state index in [1.807, 2.05) is 20.9 Å². The lowest BCUT2D eigenvalue weighted by molar-refractivity contribution is 0.628. The smallest absolute Gasteiger partial charge is 0.148 e. The Hall–Kier alpha value is -1.33. The molecule has 1 aromatic carbocycles. The van der Waals surface area contributed by atoms with Gasteiger partial charge in [0.05, 0.1) is 6.04 Å². The van der Waals surface area contributed by atoms with Crippen molar-refractivity contribution in [2.75, 3.05) is 7.05 Å². The number of nitrogens with zero attached hydrogens (tertiary/aromatic N) is 2. The Morgan fingerprint density at radius 2 is 2.12 bits per heavy atom. The summed E-state index contributed by atoms with van der Waals surface area (Å²) < 4.78 is 13.2. The second kappa shape index (κ2) is 4.89. The lowest BCUT2D eigenvalue weighted by atomic mass is 10.1. The van der Waals surface area contributed by atoms with E-state index in [1.165, 1.54) is 23.5 Å². The highest BCUT2D eigenvalue weighted by Gasteiger charge is 2.13. The van der Waals surface area contributed by atoms with Crippen molar-refractivity contribution in [1.29, 1.82) is 0 Å². The molecule has 0 aliphatic rings. The summed E-state index contributed by atoms with van der Waals surface area (Å²) in [7, 11) is 1.87. The van der Waals surface area contributed by atoms with Gasteiger partial charge in [-0.25, -0.2) is 4.39 Å². The minimum absolute atomic E-state index is 0.162. The molecule has 17 heavy (non-hydrogen) atoms. The maximum Gasteiger partial charge on any atom is 0.148 e.